The Morgan fingerprint density at radius 2 is 2.21 bits per heavy atom. The van der Waals surface area contributed by atoms with Crippen LogP contribution in [-0.4, -0.2) is 17.8 Å². The second-order valence-electron chi connectivity index (χ2n) is 5.55. The van der Waals surface area contributed by atoms with Gasteiger partial charge in [0.1, 0.15) is 5.54 Å². The quantitative estimate of drug-likeness (QED) is 0.910. The van der Waals surface area contributed by atoms with E-state index in [9.17, 15) is 5.26 Å². The summed E-state index contributed by atoms with van der Waals surface area (Å²) in [5, 5.41) is 13.2. The van der Waals surface area contributed by atoms with Crippen LogP contribution < -0.4 is 5.32 Å². The molecule has 2 unspecified atom stereocenters. The van der Waals surface area contributed by atoms with Crippen molar-refractivity contribution in [3.05, 3.63) is 29.3 Å². The molecule has 0 amide bonds. The van der Waals surface area contributed by atoms with Crippen LogP contribution in [0.25, 0.3) is 0 Å². The summed E-state index contributed by atoms with van der Waals surface area (Å²) in [4.78, 5) is 1.37. The molecule has 0 spiro atoms. The van der Waals surface area contributed by atoms with E-state index in [-0.39, 0.29) is 5.54 Å². The highest BCUT2D eigenvalue weighted by Crippen LogP contribution is 2.39. The van der Waals surface area contributed by atoms with Gasteiger partial charge in [-0.05, 0) is 58.2 Å². The molecule has 1 saturated carbocycles. The van der Waals surface area contributed by atoms with Crippen molar-refractivity contribution in [2.75, 3.05) is 7.05 Å². The van der Waals surface area contributed by atoms with E-state index in [0.717, 1.165) is 19.3 Å². The lowest BCUT2D eigenvalue weighted by atomic mass is 9.83. The van der Waals surface area contributed by atoms with Gasteiger partial charge in [0.05, 0.1) is 6.07 Å². The van der Waals surface area contributed by atoms with Gasteiger partial charge in [-0.3, -0.25) is 0 Å². The minimum absolute atomic E-state index is 0.312. The van der Waals surface area contributed by atoms with Gasteiger partial charge < -0.3 is 5.32 Å². The van der Waals surface area contributed by atoms with Gasteiger partial charge in [-0.2, -0.15) is 5.26 Å². The first-order valence-electron chi connectivity index (χ1n) is 6.93. The lowest BCUT2D eigenvalue weighted by molar-refractivity contribution is 0.323. The third kappa shape index (κ3) is 3.32. The highest BCUT2D eigenvalue weighted by Gasteiger charge is 2.35. The summed E-state index contributed by atoms with van der Waals surface area (Å²) in [5.74, 6) is 0. The van der Waals surface area contributed by atoms with E-state index in [1.807, 2.05) is 18.8 Å². The van der Waals surface area contributed by atoms with Gasteiger partial charge in [-0.25, -0.2) is 0 Å². The van der Waals surface area contributed by atoms with Crippen molar-refractivity contribution < 1.29 is 0 Å². The average molecular weight is 274 g/mol. The predicted molar refractivity (Wildman–Crippen MR) is 81.4 cm³/mol. The van der Waals surface area contributed by atoms with Gasteiger partial charge in [0.15, 0.2) is 0 Å². The fraction of sp³-hybridized carbons (Fsp3) is 0.562. The smallest absolute Gasteiger partial charge is 0.107 e. The molecule has 2 rings (SSSR count). The summed E-state index contributed by atoms with van der Waals surface area (Å²) in [6.07, 6.45) is 4.27. The Hall–Kier alpha value is -0.980. The van der Waals surface area contributed by atoms with Crippen LogP contribution in [0.2, 0.25) is 0 Å². The number of aryl methyl sites for hydroxylation is 2. The van der Waals surface area contributed by atoms with Crippen LogP contribution in [0, 0.1) is 25.2 Å². The normalized spacial score (nSPS) is 26.9. The van der Waals surface area contributed by atoms with Crippen LogP contribution in [0.5, 0.6) is 0 Å². The van der Waals surface area contributed by atoms with Gasteiger partial charge in [-0.15, -0.1) is 11.8 Å². The number of hydrogen-bond acceptors (Lipinski definition) is 3. The summed E-state index contributed by atoms with van der Waals surface area (Å²) in [5.41, 5.74) is 2.34. The molecule has 1 fully saturated rings. The van der Waals surface area contributed by atoms with E-state index in [2.05, 4.69) is 43.4 Å². The SMILES string of the molecule is CNC1(C#N)CCCC(Sc2cc(C)ccc2C)C1. The zero-order chi connectivity index (χ0) is 13.9. The Morgan fingerprint density at radius 1 is 1.42 bits per heavy atom. The zero-order valence-electron chi connectivity index (χ0n) is 12.0. The number of hydrogen-bond donors (Lipinski definition) is 1. The van der Waals surface area contributed by atoms with Crippen molar-refractivity contribution in [1.82, 2.24) is 5.32 Å². The molecule has 1 aliphatic carbocycles. The van der Waals surface area contributed by atoms with Crippen LogP contribution in [-0.2, 0) is 0 Å². The third-order valence-corrected chi connectivity index (χ3v) is 5.47. The Morgan fingerprint density at radius 3 is 2.89 bits per heavy atom. The van der Waals surface area contributed by atoms with Crippen LogP contribution in [0.15, 0.2) is 23.1 Å². The lowest BCUT2D eigenvalue weighted by Crippen LogP contribution is -2.46. The molecule has 3 heteroatoms. The van der Waals surface area contributed by atoms with E-state index in [1.165, 1.54) is 22.4 Å². The number of rotatable bonds is 3. The monoisotopic (exact) mass is 274 g/mol. The fourth-order valence-corrected chi connectivity index (χ4v) is 4.24. The first kappa shape index (κ1) is 14.4. The maximum atomic E-state index is 9.40. The van der Waals surface area contributed by atoms with E-state index >= 15 is 0 Å². The standard InChI is InChI=1S/C16H22N2S/c1-12-6-7-13(2)15(9-12)19-14-5-4-8-16(10-14,11-17)18-3/h6-7,9,14,18H,4-5,8,10H2,1-3H3. The largest absolute Gasteiger partial charge is 0.302 e. The molecular formula is C16H22N2S. The molecule has 0 aromatic heterocycles. The third-order valence-electron chi connectivity index (χ3n) is 4.04. The maximum absolute atomic E-state index is 9.40. The molecule has 1 aromatic rings. The average Bonchev–Trinajstić information content (AvgIpc) is 2.43. The Balaban J connectivity index is 2.11. The molecule has 0 bridgehead atoms. The summed E-state index contributed by atoms with van der Waals surface area (Å²) in [7, 11) is 1.91. The molecule has 0 saturated heterocycles. The van der Waals surface area contributed by atoms with Crippen LogP contribution >= 0.6 is 11.8 Å². The molecule has 0 radical (unpaired) electrons. The Bertz CT molecular complexity index is 492. The number of thioether (sulfide) groups is 1. The van der Waals surface area contributed by atoms with Crippen LogP contribution in [0.3, 0.4) is 0 Å². The first-order valence-corrected chi connectivity index (χ1v) is 7.80. The van der Waals surface area contributed by atoms with Crippen LogP contribution in [0.4, 0.5) is 0 Å². The van der Waals surface area contributed by atoms with Gasteiger partial charge in [0.25, 0.3) is 0 Å². The molecule has 0 aliphatic heterocycles. The number of nitriles is 1. The lowest BCUT2D eigenvalue weighted by Gasteiger charge is -2.35. The molecule has 1 N–H and O–H groups in total. The molecule has 102 valence electrons. The van der Waals surface area contributed by atoms with Gasteiger partial charge in [0, 0.05) is 10.1 Å². The van der Waals surface area contributed by atoms with Crippen molar-refractivity contribution in [2.45, 2.75) is 55.2 Å². The number of nitrogens with one attached hydrogen (secondary N) is 1. The highest BCUT2D eigenvalue weighted by molar-refractivity contribution is 8.00. The molecular weight excluding hydrogens is 252 g/mol. The molecule has 0 heterocycles. The number of nitrogens with zero attached hydrogens (tertiary/aromatic N) is 1. The van der Waals surface area contributed by atoms with Crippen molar-refractivity contribution in [2.24, 2.45) is 0 Å². The topological polar surface area (TPSA) is 35.8 Å². The minimum atomic E-state index is -0.312. The molecule has 19 heavy (non-hydrogen) atoms. The van der Waals surface area contributed by atoms with E-state index < -0.39 is 0 Å². The summed E-state index contributed by atoms with van der Waals surface area (Å²) >= 11 is 1.95. The van der Waals surface area contributed by atoms with Gasteiger partial charge >= 0.3 is 0 Å². The predicted octanol–water partition coefficient (Wildman–Crippen LogP) is 3.82. The first-order chi connectivity index (χ1) is 9.08. The van der Waals surface area contributed by atoms with E-state index in [1.54, 1.807) is 0 Å². The van der Waals surface area contributed by atoms with Gasteiger partial charge in [-0.1, -0.05) is 17.7 Å². The zero-order valence-corrected chi connectivity index (χ0v) is 12.8. The van der Waals surface area contributed by atoms with E-state index in [4.69, 9.17) is 0 Å². The van der Waals surface area contributed by atoms with Crippen molar-refractivity contribution >= 4 is 11.8 Å². The molecule has 1 aromatic carbocycles. The molecule has 2 atom stereocenters. The summed E-state index contributed by atoms with van der Waals surface area (Å²) in [6, 6.07) is 9.10. The highest BCUT2D eigenvalue weighted by atomic mass is 32.2. The van der Waals surface area contributed by atoms with Crippen molar-refractivity contribution in [3.8, 4) is 6.07 Å². The fourth-order valence-electron chi connectivity index (χ4n) is 2.72. The molecule has 1 aliphatic rings. The number of benzene rings is 1. The second-order valence-corrected chi connectivity index (χ2v) is 6.89. The Kier molecular flexibility index (Phi) is 4.54. The Labute approximate surface area is 120 Å². The van der Waals surface area contributed by atoms with E-state index in [0.29, 0.717) is 5.25 Å². The second kappa shape index (κ2) is 5.98. The minimum Gasteiger partial charge on any atom is -0.302 e. The van der Waals surface area contributed by atoms with Gasteiger partial charge in [0.2, 0.25) is 0 Å². The van der Waals surface area contributed by atoms with Crippen molar-refractivity contribution in [3.63, 3.8) is 0 Å². The van der Waals surface area contributed by atoms with Crippen molar-refractivity contribution in [1.29, 1.82) is 5.26 Å². The molecule has 2 nitrogen and oxygen atoms in total. The summed E-state index contributed by atoms with van der Waals surface area (Å²) in [6.45, 7) is 4.30. The summed E-state index contributed by atoms with van der Waals surface area (Å²) < 4.78 is 0. The maximum Gasteiger partial charge on any atom is 0.107 e. The van der Waals surface area contributed by atoms with Crippen LogP contribution in [0.1, 0.15) is 36.8 Å².